The van der Waals surface area contributed by atoms with Crippen molar-refractivity contribution in [2.75, 3.05) is 29.2 Å². The minimum atomic E-state index is -3.71. The Bertz CT molecular complexity index is 1020. The molecular formula is C21H25N3O5S2. The second-order valence-electron chi connectivity index (χ2n) is 7.01. The van der Waals surface area contributed by atoms with Crippen LogP contribution in [0.2, 0.25) is 0 Å². The van der Waals surface area contributed by atoms with Gasteiger partial charge in [0.1, 0.15) is 23.6 Å². The summed E-state index contributed by atoms with van der Waals surface area (Å²) in [5, 5.41) is 3.96. The fourth-order valence-electron chi connectivity index (χ4n) is 2.91. The normalized spacial score (nSPS) is 15.2. The van der Waals surface area contributed by atoms with E-state index in [1.807, 2.05) is 36.0 Å². The zero-order valence-corrected chi connectivity index (χ0v) is 19.2. The van der Waals surface area contributed by atoms with Crippen LogP contribution in [0.4, 0.5) is 5.69 Å². The highest BCUT2D eigenvalue weighted by Crippen LogP contribution is 2.25. The van der Waals surface area contributed by atoms with Crippen LogP contribution in [0.3, 0.4) is 0 Å². The Morgan fingerprint density at radius 1 is 1.16 bits per heavy atom. The van der Waals surface area contributed by atoms with Gasteiger partial charge in [-0.2, -0.15) is 16.9 Å². The molecule has 2 aromatic rings. The van der Waals surface area contributed by atoms with Gasteiger partial charge in [0.2, 0.25) is 10.0 Å². The van der Waals surface area contributed by atoms with Gasteiger partial charge in [-0.15, -0.1) is 0 Å². The van der Waals surface area contributed by atoms with Gasteiger partial charge in [0.15, 0.2) is 0 Å². The maximum Gasteiger partial charge on any atom is 0.263 e. The molecule has 0 bridgehead atoms. The number of thioether (sulfide) groups is 1. The first-order chi connectivity index (χ1) is 14.8. The van der Waals surface area contributed by atoms with E-state index in [0.717, 1.165) is 33.4 Å². The van der Waals surface area contributed by atoms with Gasteiger partial charge in [0.25, 0.3) is 5.91 Å². The molecule has 0 unspecified atom stereocenters. The van der Waals surface area contributed by atoms with Gasteiger partial charge in [-0.3, -0.25) is 9.10 Å². The first kappa shape index (κ1) is 23.0. The van der Waals surface area contributed by atoms with E-state index in [4.69, 9.17) is 9.47 Å². The highest BCUT2D eigenvalue weighted by molar-refractivity contribution is 8.00. The quantitative estimate of drug-likeness (QED) is 0.453. The van der Waals surface area contributed by atoms with Crippen LogP contribution in [0.5, 0.6) is 11.5 Å². The minimum Gasteiger partial charge on any atom is -0.497 e. The lowest BCUT2D eigenvalue weighted by Crippen LogP contribution is -2.46. The molecule has 3 rings (SSSR count). The number of benzene rings is 2. The molecule has 0 saturated carbocycles. The summed E-state index contributed by atoms with van der Waals surface area (Å²) in [4.78, 5) is 12.6. The molecule has 1 fully saturated rings. The van der Waals surface area contributed by atoms with E-state index in [2.05, 4.69) is 10.5 Å². The van der Waals surface area contributed by atoms with Gasteiger partial charge in [0.05, 0.1) is 25.3 Å². The minimum absolute atomic E-state index is 0.272. The van der Waals surface area contributed by atoms with E-state index in [1.54, 1.807) is 24.3 Å². The van der Waals surface area contributed by atoms with E-state index in [1.165, 1.54) is 20.2 Å². The van der Waals surface area contributed by atoms with E-state index in [-0.39, 0.29) is 6.10 Å². The third kappa shape index (κ3) is 6.14. The van der Waals surface area contributed by atoms with Crippen molar-refractivity contribution < 1.29 is 22.7 Å². The number of methoxy groups -OCH3 is 1. The number of carbonyl (C=O) groups excluding carboxylic acids is 1. The molecule has 1 amide bonds. The molecule has 0 spiro atoms. The molecule has 0 radical (unpaired) electrons. The summed E-state index contributed by atoms with van der Waals surface area (Å²) in [5.74, 6) is 2.84. The summed E-state index contributed by atoms with van der Waals surface area (Å²) < 4.78 is 36.6. The van der Waals surface area contributed by atoms with Gasteiger partial charge in [-0.1, -0.05) is 0 Å². The molecule has 0 aliphatic carbocycles. The van der Waals surface area contributed by atoms with Crippen molar-refractivity contribution >= 4 is 39.6 Å². The van der Waals surface area contributed by atoms with Crippen molar-refractivity contribution in [3.63, 3.8) is 0 Å². The molecule has 8 nitrogen and oxygen atoms in total. The molecule has 10 heteroatoms. The van der Waals surface area contributed by atoms with Gasteiger partial charge < -0.3 is 9.47 Å². The zero-order chi connectivity index (χ0) is 22.4. The Labute approximate surface area is 186 Å². The lowest BCUT2D eigenvalue weighted by molar-refractivity contribution is -0.121. The fraction of sp³-hybridized carbons (Fsp3) is 0.333. The SMILES string of the molecule is COc1ccc(N([C@H](C)C(=O)N/N=C\c2ccc(OC3CSC3)cc2)S(C)(=O)=O)cc1. The number of hydrogen-bond acceptors (Lipinski definition) is 7. The largest absolute Gasteiger partial charge is 0.497 e. The maximum atomic E-state index is 12.6. The van der Waals surface area contributed by atoms with Crippen LogP contribution in [-0.4, -0.2) is 57.6 Å². The summed E-state index contributed by atoms with van der Waals surface area (Å²) in [6, 6.07) is 12.8. The Kier molecular flexibility index (Phi) is 7.45. The number of carbonyl (C=O) groups is 1. The van der Waals surface area contributed by atoms with Crippen LogP contribution in [0, 0.1) is 0 Å². The summed E-state index contributed by atoms with van der Waals surface area (Å²) in [5.41, 5.74) is 3.54. The number of nitrogens with zero attached hydrogens (tertiary/aromatic N) is 2. The van der Waals surface area contributed by atoms with Crippen molar-refractivity contribution in [1.29, 1.82) is 0 Å². The van der Waals surface area contributed by atoms with Crippen molar-refractivity contribution in [2.24, 2.45) is 5.10 Å². The molecular weight excluding hydrogens is 438 g/mol. The molecule has 31 heavy (non-hydrogen) atoms. The lowest BCUT2D eigenvalue weighted by atomic mass is 10.2. The molecule has 1 saturated heterocycles. The standard InChI is InChI=1S/C21H25N3O5S2/c1-15(24(31(3,26)27)17-6-10-18(28-2)11-7-17)21(25)23-22-12-16-4-8-19(9-5-16)29-20-13-30-14-20/h4-12,15,20H,13-14H2,1-3H3,(H,23,25)/b22-12-/t15-/m1/s1. The summed E-state index contributed by atoms with van der Waals surface area (Å²) in [7, 11) is -2.19. The molecule has 1 aliphatic rings. The van der Waals surface area contributed by atoms with Gasteiger partial charge >= 0.3 is 0 Å². The highest BCUT2D eigenvalue weighted by Gasteiger charge is 2.29. The van der Waals surface area contributed by atoms with Crippen molar-refractivity contribution in [3.05, 3.63) is 54.1 Å². The molecule has 1 atom stereocenters. The third-order valence-corrected chi connectivity index (χ3v) is 7.05. The monoisotopic (exact) mass is 463 g/mol. The van der Waals surface area contributed by atoms with Crippen LogP contribution in [-0.2, 0) is 14.8 Å². The van der Waals surface area contributed by atoms with E-state index >= 15 is 0 Å². The average molecular weight is 464 g/mol. The van der Waals surface area contributed by atoms with Gasteiger partial charge in [0, 0.05) is 11.5 Å². The van der Waals surface area contributed by atoms with Gasteiger partial charge in [-0.05, 0) is 61.0 Å². The third-order valence-electron chi connectivity index (χ3n) is 4.59. The van der Waals surface area contributed by atoms with Crippen LogP contribution < -0.4 is 19.2 Å². The molecule has 166 valence electrons. The Hall–Kier alpha value is -2.72. The molecule has 1 N–H and O–H groups in total. The van der Waals surface area contributed by atoms with E-state index in [0.29, 0.717) is 11.4 Å². The molecule has 2 aromatic carbocycles. The smallest absolute Gasteiger partial charge is 0.263 e. The highest BCUT2D eigenvalue weighted by atomic mass is 32.2. The maximum absolute atomic E-state index is 12.6. The van der Waals surface area contributed by atoms with Crippen LogP contribution in [0.15, 0.2) is 53.6 Å². The predicted molar refractivity (Wildman–Crippen MR) is 124 cm³/mol. The number of hydrazone groups is 1. The topological polar surface area (TPSA) is 97.3 Å². The number of rotatable bonds is 9. The number of amides is 1. The van der Waals surface area contributed by atoms with E-state index < -0.39 is 22.0 Å². The number of nitrogens with one attached hydrogen (secondary N) is 1. The Morgan fingerprint density at radius 2 is 1.77 bits per heavy atom. The second-order valence-corrected chi connectivity index (χ2v) is 9.95. The first-order valence-electron chi connectivity index (χ1n) is 9.59. The van der Waals surface area contributed by atoms with Crippen molar-refractivity contribution in [3.8, 4) is 11.5 Å². The number of sulfonamides is 1. The second kappa shape index (κ2) is 10.1. The summed E-state index contributed by atoms with van der Waals surface area (Å²) in [6.07, 6.45) is 2.82. The first-order valence-corrected chi connectivity index (χ1v) is 12.6. The van der Waals surface area contributed by atoms with E-state index in [9.17, 15) is 13.2 Å². The molecule has 1 aliphatic heterocycles. The summed E-state index contributed by atoms with van der Waals surface area (Å²) in [6.45, 7) is 1.50. The van der Waals surface area contributed by atoms with Crippen LogP contribution in [0.25, 0.3) is 0 Å². The predicted octanol–water partition coefficient (Wildman–Crippen LogP) is 2.49. The Morgan fingerprint density at radius 3 is 2.29 bits per heavy atom. The Balaban J connectivity index is 1.63. The number of anilines is 1. The molecule has 1 heterocycles. The lowest BCUT2D eigenvalue weighted by Gasteiger charge is -2.27. The zero-order valence-electron chi connectivity index (χ0n) is 17.5. The van der Waals surface area contributed by atoms with Crippen LogP contribution in [0.1, 0.15) is 12.5 Å². The number of ether oxygens (including phenoxy) is 2. The molecule has 0 aromatic heterocycles. The van der Waals surface area contributed by atoms with Gasteiger partial charge in [-0.25, -0.2) is 13.8 Å². The average Bonchev–Trinajstić information content (AvgIpc) is 2.71. The number of hydrogen-bond donors (Lipinski definition) is 1. The van der Waals surface area contributed by atoms with Crippen LogP contribution >= 0.6 is 11.8 Å². The van der Waals surface area contributed by atoms with Crippen molar-refractivity contribution in [1.82, 2.24) is 5.43 Å². The summed E-state index contributed by atoms with van der Waals surface area (Å²) >= 11 is 1.85. The van der Waals surface area contributed by atoms with Crippen molar-refractivity contribution in [2.45, 2.75) is 19.1 Å². The fourth-order valence-corrected chi connectivity index (χ4v) is 4.65.